The second kappa shape index (κ2) is 10.9. The number of hydrogen-bond donors (Lipinski definition) is 1. The molecule has 1 heterocycles. The molecule has 4 rings (SSSR count). The summed E-state index contributed by atoms with van der Waals surface area (Å²) in [6.07, 6.45) is 0.280. The highest BCUT2D eigenvalue weighted by Gasteiger charge is 2.16. The minimum Gasteiger partial charge on any atom is -0.489 e. The fraction of sp³-hybridized carbons (Fsp3) is 0.296. The van der Waals surface area contributed by atoms with Crippen LogP contribution in [0.5, 0.6) is 5.75 Å². The van der Waals surface area contributed by atoms with Crippen LogP contribution in [0.25, 0.3) is 0 Å². The number of carbonyl (C=O) groups excluding carboxylic acids is 1. The summed E-state index contributed by atoms with van der Waals surface area (Å²) in [7, 11) is 0. The molecule has 1 aliphatic heterocycles. The van der Waals surface area contributed by atoms with Crippen LogP contribution in [0.4, 0.5) is 0 Å². The van der Waals surface area contributed by atoms with Crippen LogP contribution >= 0.6 is 0 Å². The number of benzene rings is 3. The van der Waals surface area contributed by atoms with E-state index in [1.54, 1.807) is 0 Å². The lowest BCUT2D eigenvalue weighted by molar-refractivity contribution is -0.0212. The van der Waals surface area contributed by atoms with E-state index >= 15 is 0 Å². The first-order valence-electron chi connectivity index (χ1n) is 11.1. The number of carbonyl (C=O) groups is 1. The quantitative estimate of drug-likeness (QED) is 0.575. The molecule has 0 radical (unpaired) electrons. The van der Waals surface area contributed by atoms with Gasteiger partial charge in [-0.1, -0.05) is 54.6 Å². The van der Waals surface area contributed by atoms with Gasteiger partial charge in [-0.25, -0.2) is 0 Å². The van der Waals surface area contributed by atoms with Crippen LogP contribution in [0.1, 0.15) is 34.0 Å². The summed E-state index contributed by atoms with van der Waals surface area (Å²) in [6, 6.07) is 25.7. The van der Waals surface area contributed by atoms with Gasteiger partial charge in [0, 0.05) is 31.7 Å². The molecule has 0 aromatic heterocycles. The van der Waals surface area contributed by atoms with Gasteiger partial charge in [0.05, 0.1) is 12.7 Å². The second-order valence-corrected chi connectivity index (χ2v) is 8.22. The minimum absolute atomic E-state index is 0.0760. The highest BCUT2D eigenvalue weighted by molar-refractivity contribution is 5.94. The largest absolute Gasteiger partial charge is 0.489 e. The molecular formula is C27H30N2O3. The number of ether oxygens (including phenoxy) is 2. The van der Waals surface area contributed by atoms with Crippen molar-refractivity contribution < 1.29 is 14.3 Å². The highest BCUT2D eigenvalue weighted by Crippen LogP contribution is 2.14. The third-order valence-corrected chi connectivity index (χ3v) is 5.54. The summed E-state index contributed by atoms with van der Waals surface area (Å²) >= 11 is 0. The number of nitrogens with zero attached hydrogens (tertiary/aromatic N) is 1. The number of amides is 1. The molecule has 3 aromatic rings. The van der Waals surface area contributed by atoms with Gasteiger partial charge in [0.25, 0.3) is 5.91 Å². The Hall–Kier alpha value is -3.15. The Bertz CT molecular complexity index is 1000. The van der Waals surface area contributed by atoms with Crippen molar-refractivity contribution in [3.8, 4) is 5.75 Å². The van der Waals surface area contributed by atoms with E-state index in [0.29, 0.717) is 18.7 Å². The first-order valence-corrected chi connectivity index (χ1v) is 11.1. The molecule has 1 fully saturated rings. The van der Waals surface area contributed by atoms with Gasteiger partial charge in [-0.05, 0) is 47.9 Å². The Kier molecular flexibility index (Phi) is 7.54. The highest BCUT2D eigenvalue weighted by atomic mass is 16.5. The van der Waals surface area contributed by atoms with E-state index in [2.05, 4.69) is 41.4 Å². The van der Waals surface area contributed by atoms with Gasteiger partial charge in [0.15, 0.2) is 0 Å². The molecular weight excluding hydrogens is 400 g/mol. The molecule has 32 heavy (non-hydrogen) atoms. The monoisotopic (exact) mass is 430 g/mol. The van der Waals surface area contributed by atoms with E-state index in [4.69, 9.17) is 9.47 Å². The topological polar surface area (TPSA) is 50.8 Å². The zero-order valence-electron chi connectivity index (χ0n) is 18.5. The second-order valence-electron chi connectivity index (χ2n) is 8.22. The number of para-hydroxylation sites is 1. The summed E-state index contributed by atoms with van der Waals surface area (Å²) in [5.74, 6) is 0.757. The van der Waals surface area contributed by atoms with Crippen molar-refractivity contribution in [2.24, 2.45) is 0 Å². The first-order chi connectivity index (χ1) is 15.7. The van der Waals surface area contributed by atoms with Gasteiger partial charge >= 0.3 is 0 Å². The maximum atomic E-state index is 12.6. The van der Waals surface area contributed by atoms with Crippen LogP contribution in [0.15, 0.2) is 78.9 Å². The molecule has 5 heteroatoms. The van der Waals surface area contributed by atoms with Crippen molar-refractivity contribution in [2.75, 3.05) is 19.7 Å². The Balaban J connectivity index is 1.27. The Morgan fingerprint density at radius 3 is 2.56 bits per heavy atom. The fourth-order valence-corrected chi connectivity index (χ4v) is 3.85. The van der Waals surface area contributed by atoms with Crippen molar-refractivity contribution >= 4 is 5.91 Å². The van der Waals surface area contributed by atoms with Crippen molar-refractivity contribution in [3.63, 3.8) is 0 Å². The summed E-state index contributed by atoms with van der Waals surface area (Å²) in [6.45, 7) is 6.69. The zero-order valence-corrected chi connectivity index (χ0v) is 18.5. The van der Waals surface area contributed by atoms with E-state index in [1.807, 2.05) is 54.6 Å². The number of hydrogen-bond acceptors (Lipinski definition) is 4. The van der Waals surface area contributed by atoms with Gasteiger partial charge < -0.3 is 14.8 Å². The van der Waals surface area contributed by atoms with Crippen molar-refractivity contribution in [3.05, 3.63) is 101 Å². The lowest BCUT2D eigenvalue weighted by Gasteiger charge is -2.31. The SMILES string of the molecule is CC1CN(Cc2cccc(CNC(=O)c3ccc(COc4ccccc4)cc3)c2)CCO1. The predicted octanol–water partition coefficient (Wildman–Crippen LogP) is 4.42. The van der Waals surface area contributed by atoms with Crippen LogP contribution in [0.3, 0.4) is 0 Å². The molecule has 0 bridgehead atoms. The summed E-state index contributed by atoms with van der Waals surface area (Å²) < 4.78 is 11.4. The molecule has 1 atom stereocenters. The molecule has 166 valence electrons. The van der Waals surface area contributed by atoms with Crippen LogP contribution < -0.4 is 10.1 Å². The molecule has 0 aliphatic carbocycles. The summed E-state index contributed by atoms with van der Waals surface area (Å²) in [5.41, 5.74) is 4.03. The Morgan fingerprint density at radius 1 is 1.00 bits per heavy atom. The van der Waals surface area contributed by atoms with Crippen LogP contribution in [0.2, 0.25) is 0 Å². The molecule has 5 nitrogen and oxygen atoms in total. The minimum atomic E-state index is -0.0760. The predicted molar refractivity (Wildman–Crippen MR) is 126 cm³/mol. The average molecular weight is 431 g/mol. The maximum Gasteiger partial charge on any atom is 0.251 e. The number of rotatable bonds is 8. The van der Waals surface area contributed by atoms with Gasteiger partial charge in [-0.15, -0.1) is 0 Å². The Labute approximate surface area is 190 Å². The molecule has 0 spiro atoms. The van der Waals surface area contributed by atoms with Gasteiger partial charge in [0.2, 0.25) is 0 Å². The normalized spacial score (nSPS) is 16.5. The van der Waals surface area contributed by atoms with Crippen molar-refractivity contribution in [2.45, 2.75) is 32.7 Å². The molecule has 1 amide bonds. The lowest BCUT2D eigenvalue weighted by Crippen LogP contribution is -2.40. The maximum absolute atomic E-state index is 12.6. The molecule has 1 saturated heterocycles. The Morgan fingerprint density at radius 2 is 1.78 bits per heavy atom. The van der Waals surface area contributed by atoms with E-state index in [9.17, 15) is 4.79 Å². The fourth-order valence-electron chi connectivity index (χ4n) is 3.85. The molecule has 0 saturated carbocycles. The lowest BCUT2D eigenvalue weighted by atomic mass is 10.1. The van der Waals surface area contributed by atoms with Crippen molar-refractivity contribution in [1.82, 2.24) is 10.2 Å². The van der Waals surface area contributed by atoms with E-state index in [0.717, 1.165) is 43.1 Å². The zero-order chi connectivity index (χ0) is 22.2. The molecule has 3 aromatic carbocycles. The number of nitrogens with one attached hydrogen (secondary N) is 1. The van der Waals surface area contributed by atoms with Crippen LogP contribution in [-0.2, 0) is 24.4 Å². The molecule has 1 unspecified atom stereocenters. The molecule has 1 aliphatic rings. The van der Waals surface area contributed by atoms with E-state index in [1.165, 1.54) is 5.56 Å². The summed E-state index contributed by atoms with van der Waals surface area (Å²) in [4.78, 5) is 15.0. The first kappa shape index (κ1) is 22.1. The van der Waals surface area contributed by atoms with Crippen molar-refractivity contribution in [1.29, 1.82) is 0 Å². The standard InChI is InChI=1S/C27H30N2O3/c1-21-18-29(14-15-31-21)19-24-7-5-6-23(16-24)17-28-27(30)25-12-10-22(11-13-25)20-32-26-8-3-2-4-9-26/h2-13,16,21H,14-15,17-20H2,1H3,(H,28,30). The van der Waals surface area contributed by atoms with Gasteiger partial charge in [-0.2, -0.15) is 0 Å². The summed E-state index contributed by atoms with van der Waals surface area (Å²) in [5, 5.41) is 3.03. The molecule has 1 N–H and O–H groups in total. The smallest absolute Gasteiger partial charge is 0.251 e. The van der Waals surface area contributed by atoms with Crippen LogP contribution in [-0.4, -0.2) is 36.6 Å². The number of morpholine rings is 1. The van der Waals surface area contributed by atoms with Crippen LogP contribution in [0, 0.1) is 0 Å². The van der Waals surface area contributed by atoms with Gasteiger partial charge in [-0.3, -0.25) is 9.69 Å². The third-order valence-electron chi connectivity index (χ3n) is 5.54. The van der Waals surface area contributed by atoms with Gasteiger partial charge in [0.1, 0.15) is 12.4 Å². The van der Waals surface area contributed by atoms with E-state index in [-0.39, 0.29) is 12.0 Å². The third kappa shape index (κ3) is 6.42. The van der Waals surface area contributed by atoms with E-state index < -0.39 is 0 Å². The average Bonchev–Trinajstić information content (AvgIpc) is 2.82.